The van der Waals surface area contributed by atoms with Gasteiger partial charge in [0.25, 0.3) is 0 Å². The first-order valence-corrected chi connectivity index (χ1v) is 6.72. The number of hydrogen-bond donors (Lipinski definition) is 2. The molecule has 1 amide bonds. The van der Waals surface area contributed by atoms with Gasteiger partial charge in [0.05, 0.1) is 24.5 Å². The Labute approximate surface area is 104 Å². The predicted octanol–water partition coefficient (Wildman–Crippen LogP) is -0.276. The van der Waals surface area contributed by atoms with Gasteiger partial charge in [-0.15, -0.1) is 0 Å². The monoisotopic (exact) mass is 263 g/mol. The van der Waals surface area contributed by atoms with Gasteiger partial charge in [-0.1, -0.05) is 0 Å². The lowest BCUT2D eigenvalue weighted by molar-refractivity contribution is -0.148. The molecule has 98 valence electrons. The number of rotatable bonds is 6. The molecule has 1 heterocycles. The van der Waals surface area contributed by atoms with E-state index in [9.17, 15) is 9.59 Å². The third kappa shape index (κ3) is 5.38. The lowest BCUT2D eigenvalue weighted by atomic mass is 10.1. The third-order valence-electron chi connectivity index (χ3n) is 2.34. The number of amides is 1. The fourth-order valence-electron chi connectivity index (χ4n) is 1.61. The van der Waals surface area contributed by atoms with Crippen LogP contribution in [-0.2, 0) is 19.1 Å². The van der Waals surface area contributed by atoms with E-state index in [1.54, 1.807) is 0 Å². The van der Waals surface area contributed by atoms with Gasteiger partial charge in [-0.25, -0.2) is 4.79 Å². The van der Waals surface area contributed by atoms with Crippen molar-refractivity contribution in [3.63, 3.8) is 0 Å². The van der Waals surface area contributed by atoms with Crippen LogP contribution in [0.1, 0.15) is 6.42 Å². The van der Waals surface area contributed by atoms with E-state index < -0.39 is 5.97 Å². The van der Waals surface area contributed by atoms with Crippen molar-refractivity contribution >= 4 is 23.6 Å². The molecule has 1 rings (SSSR count). The summed E-state index contributed by atoms with van der Waals surface area (Å²) in [6.45, 7) is 0.545. The van der Waals surface area contributed by atoms with Crippen molar-refractivity contribution in [1.82, 2.24) is 5.32 Å². The summed E-state index contributed by atoms with van der Waals surface area (Å²) in [7, 11) is 0. The second-order valence-corrected chi connectivity index (χ2v) is 4.58. The van der Waals surface area contributed by atoms with Crippen LogP contribution in [0.15, 0.2) is 0 Å². The number of carbonyl (C=O) groups excluding carboxylic acids is 1. The van der Waals surface area contributed by atoms with Crippen molar-refractivity contribution in [3.05, 3.63) is 0 Å². The number of aliphatic carboxylic acids is 1. The first-order chi connectivity index (χ1) is 8.13. The van der Waals surface area contributed by atoms with Crippen LogP contribution in [-0.4, -0.2) is 61.0 Å². The molecule has 1 aliphatic rings. The normalized spacial score (nSPS) is 24.3. The van der Waals surface area contributed by atoms with Crippen LogP contribution in [0, 0.1) is 0 Å². The van der Waals surface area contributed by atoms with Crippen molar-refractivity contribution in [2.45, 2.75) is 18.6 Å². The maximum Gasteiger partial charge on any atom is 0.329 e. The number of ether oxygens (including phenoxy) is 2. The predicted molar refractivity (Wildman–Crippen MR) is 63.1 cm³/mol. The molecule has 0 unspecified atom stereocenters. The molecule has 0 aromatic carbocycles. The molecule has 0 bridgehead atoms. The fourth-order valence-corrected chi connectivity index (χ4v) is 1.96. The Morgan fingerprint density at radius 1 is 1.59 bits per heavy atom. The molecule has 17 heavy (non-hydrogen) atoms. The number of carboxylic acids is 1. The minimum atomic E-state index is -1.01. The van der Waals surface area contributed by atoms with E-state index in [1.807, 2.05) is 6.26 Å². The highest BCUT2D eigenvalue weighted by atomic mass is 32.2. The van der Waals surface area contributed by atoms with E-state index >= 15 is 0 Å². The Hall–Kier alpha value is -0.790. The van der Waals surface area contributed by atoms with Crippen LogP contribution < -0.4 is 5.32 Å². The van der Waals surface area contributed by atoms with E-state index in [0.29, 0.717) is 25.4 Å². The molecule has 2 atom stereocenters. The quantitative estimate of drug-likeness (QED) is 0.686. The van der Waals surface area contributed by atoms with Gasteiger partial charge in [0.1, 0.15) is 6.61 Å². The number of thioether (sulfide) groups is 1. The molecule has 0 spiro atoms. The van der Waals surface area contributed by atoms with E-state index in [-0.39, 0.29) is 24.7 Å². The van der Waals surface area contributed by atoms with E-state index in [0.717, 1.165) is 0 Å². The minimum Gasteiger partial charge on any atom is -0.480 e. The summed E-state index contributed by atoms with van der Waals surface area (Å²) >= 11 is 1.43. The Morgan fingerprint density at radius 2 is 2.35 bits per heavy atom. The molecule has 0 aromatic rings. The van der Waals surface area contributed by atoms with E-state index in [2.05, 4.69) is 5.32 Å². The van der Waals surface area contributed by atoms with Gasteiger partial charge in [0.15, 0.2) is 0 Å². The van der Waals surface area contributed by atoms with E-state index in [1.165, 1.54) is 11.8 Å². The summed E-state index contributed by atoms with van der Waals surface area (Å²) in [5, 5.41) is 11.3. The van der Waals surface area contributed by atoms with Crippen LogP contribution in [0.5, 0.6) is 0 Å². The fraction of sp³-hybridized carbons (Fsp3) is 0.800. The number of carboxylic acid groups (broad SMARTS) is 1. The van der Waals surface area contributed by atoms with Crippen molar-refractivity contribution in [2.75, 3.05) is 31.8 Å². The molecule has 1 fully saturated rings. The SMILES string of the molecule is CSCC(=O)N[C@@H]1COCC[C@@H]1OCC(=O)O. The average molecular weight is 263 g/mol. The summed E-state index contributed by atoms with van der Waals surface area (Å²) in [5.41, 5.74) is 0. The van der Waals surface area contributed by atoms with Crippen molar-refractivity contribution < 1.29 is 24.2 Å². The maximum atomic E-state index is 11.4. The molecule has 1 aliphatic heterocycles. The molecule has 7 heteroatoms. The Bertz CT molecular complexity index is 273. The molecule has 0 aromatic heterocycles. The number of hydrogen-bond acceptors (Lipinski definition) is 5. The maximum absolute atomic E-state index is 11.4. The summed E-state index contributed by atoms with van der Waals surface area (Å²) in [5.74, 6) is -0.718. The van der Waals surface area contributed by atoms with Gasteiger partial charge in [0.2, 0.25) is 5.91 Å². The Morgan fingerprint density at radius 3 is 3.00 bits per heavy atom. The average Bonchev–Trinajstić information content (AvgIpc) is 2.28. The highest BCUT2D eigenvalue weighted by molar-refractivity contribution is 7.99. The molecule has 6 nitrogen and oxygen atoms in total. The summed E-state index contributed by atoms with van der Waals surface area (Å²) in [6, 6.07) is -0.261. The smallest absolute Gasteiger partial charge is 0.329 e. The van der Waals surface area contributed by atoms with Gasteiger partial charge in [0, 0.05) is 6.61 Å². The van der Waals surface area contributed by atoms with Crippen LogP contribution in [0.4, 0.5) is 0 Å². The highest BCUT2D eigenvalue weighted by Crippen LogP contribution is 2.12. The minimum absolute atomic E-state index is 0.0862. The molecular formula is C10H17NO5S. The zero-order valence-corrected chi connectivity index (χ0v) is 10.5. The van der Waals surface area contributed by atoms with Gasteiger partial charge in [-0.2, -0.15) is 11.8 Å². The van der Waals surface area contributed by atoms with Crippen LogP contribution in [0.3, 0.4) is 0 Å². The summed E-state index contributed by atoms with van der Waals surface area (Å²) in [4.78, 5) is 21.9. The molecule has 0 saturated carbocycles. The van der Waals surface area contributed by atoms with Crippen LogP contribution in [0.25, 0.3) is 0 Å². The first kappa shape index (κ1) is 14.3. The van der Waals surface area contributed by atoms with Crippen molar-refractivity contribution in [3.8, 4) is 0 Å². The third-order valence-corrected chi connectivity index (χ3v) is 2.89. The topological polar surface area (TPSA) is 84.9 Å². The molecule has 2 N–H and O–H groups in total. The molecular weight excluding hydrogens is 246 g/mol. The zero-order valence-electron chi connectivity index (χ0n) is 9.68. The standard InChI is InChI=1S/C10H17NO5S/c1-17-6-9(12)11-7-4-15-3-2-8(7)16-5-10(13)14/h7-8H,2-6H2,1H3,(H,11,12)(H,13,14)/t7-,8+/m1/s1. The van der Waals surface area contributed by atoms with E-state index in [4.69, 9.17) is 14.6 Å². The Kier molecular flexibility index (Phi) is 6.31. The van der Waals surface area contributed by atoms with Gasteiger partial charge in [-0.3, -0.25) is 4.79 Å². The zero-order chi connectivity index (χ0) is 12.7. The first-order valence-electron chi connectivity index (χ1n) is 5.33. The Balaban J connectivity index is 2.41. The van der Waals surface area contributed by atoms with Crippen molar-refractivity contribution in [2.24, 2.45) is 0 Å². The molecule has 1 saturated heterocycles. The van der Waals surface area contributed by atoms with Gasteiger partial charge >= 0.3 is 5.97 Å². The second kappa shape index (κ2) is 7.52. The van der Waals surface area contributed by atoms with Crippen molar-refractivity contribution in [1.29, 1.82) is 0 Å². The van der Waals surface area contributed by atoms with Crippen LogP contribution >= 0.6 is 11.8 Å². The summed E-state index contributed by atoms with van der Waals surface area (Å²) < 4.78 is 10.5. The lowest BCUT2D eigenvalue weighted by Crippen LogP contribution is -2.51. The largest absolute Gasteiger partial charge is 0.480 e. The number of carbonyl (C=O) groups is 2. The highest BCUT2D eigenvalue weighted by Gasteiger charge is 2.28. The molecule has 0 radical (unpaired) electrons. The lowest BCUT2D eigenvalue weighted by Gasteiger charge is -2.31. The van der Waals surface area contributed by atoms with Gasteiger partial charge < -0.3 is 19.9 Å². The second-order valence-electron chi connectivity index (χ2n) is 3.71. The number of nitrogens with one attached hydrogen (secondary N) is 1. The molecule has 0 aliphatic carbocycles. The van der Waals surface area contributed by atoms with Gasteiger partial charge in [-0.05, 0) is 12.7 Å². The van der Waals surface area contributed by atoms with Crippen LogP contribution in [0.2, 0.25) is 0 Å². The summed E-state index contributed by atoms with van der Waals surface area (Å²) in [6.07, 6.45) is 2.15.